The van der Waals surface area contributed by atoms with E-state index in [4.69, 9.17) is 19.0 Å². The number of nitrogens with zero attached hydrogens (tertiary/aromatic N) is 2. The summed E-state index contributed by atoms with van der Waals surface area (Å²) in [5.74, 6) is 1.62. The molecule has 0 unspecified atom stereocenters. The van der Waals surface area contributed by atoms with E-state index >= 15 is 0 Å². The van der Waals surface area contributed by atoms with Crippen molar-refractivity contribution >= 4 is 11.8 Å². The molecule has 0 fully saturated rings. The Hall–Kier alpha value is -3.02. The minimum atomic E-state index is 0.527. The molecule has 1 aromatic carbocycles. The average Bonchev–Trinajstić information content (AvgIpc) is 2.64. The fraction of sp³-hybridized carbons (Fsp3) is 0.222. The van der Waals surface area contributed by atoms with Crippen molar-refractivity contribution in [2.24, 2.45) is 5.16 Å². The van der Waals surface area contributed by atoms with Crippen LogP contribution in [0.15, 0.2) is 47.9 Å². The third-order valence-electron chi connectivity index (χ3n) is 3.29. The molecule has 0 aliphatic heterocycles. The van der Waals surface area contributed by atoms with Crippen LogP contribution in [0.25, 0.3) is 6.08 Å². The number of aromatic nitrogens is 1. The maximum Gasteiger partial charge on any atom is 0.203 e. The molecule has 2 aromatic rings. The Morgan fingerprint density at radius 3 is 2.08 bits per heavy atom. The smallest absolute Gasteiger partial charge is 0.203 e. The lowest BCUT2D eigenvalue weighted by Crippen LogP contribution is -2.02. The predicted molar refractivity (Wildman–Crippen MR) is 92.9 cm³/mol. The molecule has 0 radical (unpaired) electrons. The van der Waals surface area contributed by atoms with Crippen LogP contribution in [-0.2, 0) is 4.84 Å². The topological polar surface area (TPSA) is 62.2 Å². The molecule has 126 valence electrons. The number of hydrogen-bond donors (Lipinski definition) is 0. The number of benzene rings is 1. The standard InChI is InChI=1S/C18H20N2O4/c1-21-16-11-14(12-17(22-2)18(16)23-3)15(20-24-4)6-5-13-7-9-19-10-8-13/h5-12H,1-4H3/b6-5+,20-15+. The van der Waals surface area contributed by atoms with Crippen LogP contribution < -0.4 is 14.2 Å². The van der Waals surface area contributed by atoms with Gasteiger partial charge < -0.3 is 19.0 Å². The van der Waals surface area contributed by atoms with Gasteiger partial charge in [0, 0.05) is 18.0 Å². The zero-order chi connectivity index (χ0) is 17.4. The quantitative estimate of drug-likeness (QED) is 0.577. The first-order valence-corrected chi connectivity index (χ1v) is 7.23. The fourth-order valence-electron chi connectivity index (χ4n) is 2.16. The first kappa shape index (κ1) is 17.3. The molecule has 0 saturated heterocycles. The second kappa shape index (κ2) is 8.57. The van der Waals surface area contributed by atoms with Gasteiger partial charge in [-0.25, -0.2) is 0 Å². The summed E-state index contributed by atoms with van der Waals surface area (Å²) in [6.07, 6.45) is 7.22. The van der Waals surface area contributed by atoms with Gasteiger partial charge in [-0.3, -0.25) is 4.98 Å². The van der Waals surface area contributed by atoms with Crippen molar-refractivity contribution in [2.75, 3.05) is 28.4 Å². The molecule has 0 atom stereocenters. The lowest BCUT2D eigenvalue weighted by Gasteiger charge is -2.14. The Bertz CT molecular complexity index is 702. The molecule has 0 bridgehead atoms. The summed E-state index contributed by atoms with van der Waals surface area (Å²) in [7, 11) is 6.20. The monoisotopic (exact) mass is 328 g/mol. The number of ether oxygens (including phenoxy) is 3. The molecule has 0 amide bonds. The lowest BCUT2D eigenvalue weighted by molar-refractivity contribution is 0.214. The number of pyridine rings is 1. The molecule has 0 aliphatic carbocycles. The minimum absolute atomic E-state index is 0.527. The van der Waals surface area contributed by atoms with Gasteiger partial charge in [-0.05, 0) is 35.9 Å². The fourth-order valence-corrected chi connectivity index (χ4v) is 2.16. The van der Waals surface area contributed by atoms with E-state index in [0.29, 0.717) is 23.0 Å². The Labute approximate surface area is 141 Å². The summed E-state index contributed by atoms with van der Waals surface area (Å²) in [6.45, 7) is 0. The first-order chi connectivity index (χ1) is 11.7. The zero-order valence-electron chi connectivity index (χ0n) is 14.1. The van der Waals surface area contributed by atoms with Crippen LogP contribution in [0, 0.1) is 0 Å². The van der Waals surface area contributed by atoms with Gasteiger partial charge in [0.25, 0.3) is 0 Å². The molecule has 1 aromatic heterocycles. The maximum atomic E-state index is 5.38. The van der Waals surface area contributed by atoms with Crippen LogP contribution in [0.4, 0.5) is 0 Å². The molecule has 0 N–H and O–H groups in total. The van der Waals surface area contributed by atoms with E-state index in [1.165, 1.54) is 7.11 Å². The van der Waals surface area contributed by atoms with E-state index in [1.807, 2.05) is 36.4 Å². The second-order valence-corrected chi connectivity index (χ2v) is 4.69. The van der Waals surface area contributed by atoms with Crippen LogP contribution in [0.1, 0.15) is 11.1 Å². The molecule has 1 heterocycles. The van der Waals surface area contributed by atoms with Gasteiger partial charge >= 0.3 is 0 Å². The number of rotatable bonds is 7. The number of allylic oxidation sites excluding steroid dienone is 1. The summed E-state index contributed by atoms with van der Waals surface area (Å²) < 4.78 is 16.1. The summed E-state index contributed by atoms with van der Waals surface area (Å²) in [5.41, 5.74) is 2.39. The van der Waals surface area contributed by atoms with Crippen molar-refractivity contribution in [1.29, 1.82) is 0 Å². The highest BCUT2D eigenvalue weighted by molar-refractivity contribution is 6.11. The zero-order valence-corrected chi connectivity index (χ0v) is 14.1. The van der Waals surface area contributed by atoms with E-state index in [0.717, 1.165) is 11.1 Å². The summed E-state index contributed by atoms with van der Waals surface area (Å²) >= 11 is 0. The van der Waals surface area contributed by atoms with E-state index in [2.05, 4.69) is 10.1 Å². The van der Waals surface area contributed by atoms with Crippen LogP contribution >= 0.6 is 0 Å². The molecule has 0 aliphatic rings. The third-order valence-corrected chi connectivity index (χ3v) is 3.29. The first-order valence-electron chi connectivity index (χ1n) is 7.23. The molecule has 6 nitrogen and oxygen atoms in total. The Balaban J connectivity index is 2.45. The van der Waals surface area contributed by atoms with Gasteiger partial charge in [0.15, 0.2) is 11.5 Å². The van der Waals surface area contributed by atoms with Crippen LogP contribution in [0.2, 0.25) is 0 Å². The van der Waals surface area contributed by atoms with Crippen molar-refractivity contribution in [3.8, 4) is 17.2 Å². The highest BCUT2D eigenvalue weighted by atomic mass is 16.6. The van der Waals surface area contributed by atoms with E-state index in [9.17, 15) is 0 Å². The van der Waals surface area contributed by atoms with Crippen molar-refractivity contribution in [3.63, 3.8) is 0 Å². The third kappa shape index (κ3) is 4.04. The van der Waals surface area contributed by atoms with Gasteiger partial charge in [0.2, 0.25) is 5.75 Å². The van der Waals surface area contributed by atoms with Gasteiger partial charge in [-0.15, -0.1) is 0 Å². The largest absolute Gasteiger partial charge is 0.493 e. The molecule has 0 saturated carbocycles. The van der Waals surface area contributed by atoms with Crippen LogP contribution in [0.5, 0.6) is 17.2 Å². The van der Waals surface area contributed by atoms with E-state index < -0.39 is 0 Å². The van der Waals surface area contributed by atoms with Crippen molar-refractivity contribution in [1.82, 2.24) is 4.98 Å². The lowest BCUT2D eigenvalue weighted by atomic mass is 10.1. The van der Waals surface area contributed by atoms with Gasteiger partial charge in [0.05, 0.1) is 21.3 Å². The number of hydrogen-bond acceptors (Lipinski definition) is 6. The second-order valence-electron chi connectivity index (χ2n) is 4.69. The van der Waals surface area contributed by atoms with Crippen LogP contribution in [-0.4, -0.2) is 39.1 Å². The van der Waals surface area contributed by atoms with Crippen molar-refractivity contribution in [2.45, 2.75) is 0 Å². The predicted octanol–water partition coefficient (Wildman–Crippen LogP) is 3.17. The molecular weight excluding hydrogens is 308 g/mol. The summed E-state index contributed by atoms with van der Waals surface area (Å²) in [4.78, 5) is 8.96. The van der Waals surface area contributed by atoms with E-state index in [1.54, 1.807) is 33.7 Å². The summed E-state index contributed by atoms with van der Waals surface area (Å²) in [6, 6.07) is 7.43. The molecule has 0 spiro atoms. The molecule has 24 heavy (non-hydrogen) atoms. The Morgan fingerprint density at radius 1 is 0.958 bits per heavy atom. The van der Waals surface area contributed by atoms with Gasteiger partial charge in [-0.1, -0.05) is 11.2 Å². The molecular formula is C18H20N2O4. The highest BCUT2D eigenvalue weighted by Crippen LogP contribution is 2.38. The van der Waals surface area contributed by atoms with Crippen LogP contribution in [0.3, 0.4) is 0 Å². The number of oxime groups is 1. The SMILES string of the molecule is CO/N=C(\C=C\c1ccncc1)c1cc(OC)c(OC)c(OC)c1. The Kier molecular flexibility index (Phi) is 6.19. The maximum absolute atomic E-state index is 5.38. The number of methoxy groups -OCH3 is 3. The Morgan fingerprint density at radius 2 is 1.58 bits per heavy atom. The van der Waals surface area contributed by atoms with E-state index in [-0.39, 0.29) is 0 Å². The normalized spacial score (nSPS) is 11.4. The van der Waals surface area contributed by atoms with Gasteiger partial charge in [0.1, 0.15) is 12.8 Å². The molecule has 2 rings (SSSR count). The van der Waals surface area contributed by atoms with Crippen molar-refractivity contribution < 1.29 is 19.0 Å². The summed E-state index contributed by atoms with van der Waals surface area (Å²) in [5, 5.41) is 4.08. The molecule has 6 heteroatoms. The minimum Gasteiger partial charge on any atom is -0.493 e. The highest BCUT2D eigenvalue weighted by Gasteiger charge is 2.15. The average molecular weight is 328 g/mol. The van der Waals surface area contributed by atoms with Gasteiger partial charge in [-0.2, -0.15) is 0 Å². The van der Waals surface area contributed by atoms with Crippen molar-refractivity contribution in [3.05, 3.63) is 53.9 Å².